The second-order valence-electron chi connectivity index (χ2n) is 4.45. The summed E-state index contributed by atoms with van der Waals surface area (Å²) in [6.07, 6.45) is -2.41. The lowest BCUT2D eigenvalue weighted by Gasteiger charge is -2.08. The lowest BCUT2D eigenvalue weighted by atomic mass is 10.1. The monoisotopic (exact) mass is 298 g/mol. The van der Waals surface area contributed by atoms with Gasteiger partial charge in [-0.05, 0) is 31.2 Å². The molecule has 112 valence electrons. The van der Waals surface area contributed by atoms with Gasteiger partial charge in [0, 0.05) is 18.5 Å². The van der Waals surface area contributed by atoms with Crippen molar-refractivity contribution in [3.05, 3.63) is 53.2 Å². The van der Waals surface area contributed by atoms with Crippen molar-refractivity contribution in [3.63, 3.8) is 0 Å². The average molecular weight is 298 g/mol. The van der Waals surface area contributed by atoms with Crippen LogP contribution in [0.3, 0.4) is 0 Å². The van der Waals surface area contributed by atoms with Gasteiger partial charge in [0.05, 0.1) is 11.8 Å². The molecule has 4 nitrogen and oxygen atoms in total. The molecule has 1 heterocycles. The second kappa shape index (κ2) is 5.99. The summed E-state index contributed by atoms with van der Waals surface area (Å²) >= 11 is 0. The molecule has 0 unspecified atom stereocenters. The molecule has 0 fully saturated rings. The lowest BCUT2D eigenvalue weighted by Crippen LogP contribution is -2.25. The number of benzene rings is 1. The van der Waals surface area contributed by atoms with Gasteiger partial charge in [0.1, 0.15) is 5.76 Å². The van der Waals surface area contributed by atoms with E-state index < -0.39 is 17.6 Å². The summed E-state index contributed by atoms with van der Waals surface area (Å²) in [5.41, 5.74) is -0.610. The lowest BCUT2D eigenvalue weighted by molar-refractivity contribution is -0.137. The van der Waals surface area contributed by atoms with Gasteiger partial charge in [-0.3, -0.25) is 4.79 Å². The van der Waals surface area contributed by atoms with Crippen molar-refractivity contribution in [1.82, 2.24) is 10.3 Å². The third-order valence-corrected chi connectivity index (χ3v) is 2.77. The molecule has 1 N–H and O–H groups in total. The number of rotatable bonds is 4. The Balaban J connectivity index is 1.88. The van der Waals surface area contributed by atoms with Gasteiger partial charge in [-0.25, -0.2) is 4.98 Å². The molecule has 0 aliphatic carbocycles. The molecule has 1 aromatic heterocycles. The minimum absolute atomic E-state index is 0.173. The van der Waals surface area contributed by atoms with Gasteiger partial charge in [-0.1, -0.05) is 0 Å². The number of carbonyl (C=O) groups excluding carboxylic acids is 1. The van der Waals surface area contributed by atoms with Gasteiger partial charge in [0.25, 0.3) is 5.91 Å². The van der Waals surface area contributed by atoms with E-state index in [1.165, 1.54) is 0 Å². The van der Waals surface area contributed by atoms with Gasteiger partial charge in [-0.15, -0.1) is 0 Å². The molecule has 0 atom stereocenters. The van der Waals surface area contributed by atoms with Gasteiger partial charge >= 0.3 is 6.18 Å². The molecule has 0 radical (unpaired) electrons. The molecule has 1 aromatic carbocycles. The minimum atomic E-state index is -4.40. The first-order chi connectivity index (χ1) is 9.86. The van der Waals surface area contributed by atoms with E-state index in [-0.39, 0.29) is 5.56 Å². The van der Waals surface area contributed by atoms with Gasteiger partial charge in [0.15, 0.2) is 5.89 Å². The molecule has 21 heavy (non-hydrogen) atoms. The van der Waals surface area contributed by atoms with E-state index in [1.807, 2.05) is 0 Å². The first-order valence-electron chi connectivity index (χ1n) is 6.23. The van der Waals surface area contributed by atoms with Crippen molar-refractivity contribution in [2.45, 2.75) is 19.5 Å². The number of amides is 1. The maximum atomic E-state index is 12.4. The Hall–Kier alpha value is -2.31. The zero-order chi connectivity index (χ0) is 15.5. The van der Waals surface area contributed by atoms with Crippen LogP contribution in [0.1, 0.15) is 27.6 Å². The maximum absolute atomic E-state index is 12.4. The number of nitrogens with one attached hydrogen (secondary N) is 1. The Morgan fingerprint density at radius 2 is 1.95 bits per heavy atom. The molecule has 0 aliphatic heterocycles. The Labute approximate surface area is 119 Å². The highest BCUT2D eigenvalue weighted by molar-refractivity contribution is 5.94. The Morgan fingerprint density at radius 1 is 1.29 bits per heavy atom. The second-order valence-corrected chi connectivity index (χ2v) is 4.45. The van der Waals surface area contributed by atoms with E-state index in [1.54, 1.807) is 13.1 Å². The predicted octanol–water partition coefficient (Wildman–Crippen LogP) is 2.97. The molecule has 0 spiro atoms. The number of nitrogens with zero attached hydrogens (tertiary/aromatic N) is 1. The van der Waals surface area contributed by atoms with Crippen LogP contribution >= 0.6 is 0 Å². The predicted molar refractivity (Wildman–Crippen MR) is 68.7 cm³/mol. The van der Waals surface area contributed by atoms with Crippen molar-refractivity contribution >= 4 is 5.91 Å². The van der Waals surface area contributed by atoms with E-state index in [9.17, 15) is 18.0 Å². The number of oxazole rings is 1. The van der Waals surface area contributed by atoms with Crippen LogP contribution < -0.4 is 5.32 Å². The number of alkyl halides is 3. The zero-order valence-corrected chi connectivity index (χ0v) is 11.2. The van der Waals surface area contributed by atoms with Crippen LogP contribution in [-0.2, 0) is 12.6 Å². The summed E-state index contributed by atoms with van der Waals surface area (Å²) < 4.78 is 42.4. The Kier molecular flexibility index (Phi) is 4.30. The number of hydrogen-bond donors (Lipinski definition) is 1. The van der Waals surface area contributed by atoms with E-state index >= 15 is 0 Å². The van der Waals surface area contributed by atoms with Gasteiger partial charge in [0.2, 0.25) is 0 Å². The van der Waals surface area contributed by atoms with Gasteiger partial charge < -0.3 is 9.73 Å². The van der Waals surface area contributed by atoms with Crippen LogP contribution in [0.4, 0.5) is 13.2 Å². The summed E-state index contributed by atoms with van der Waals surface area (Å²) in [4.78, 5) is 15.7. The Bertz CT molecular complexity index is 618. The zero-order valence-electron chi connectivity index (χ0n) is 11.2. The number of aromatic nitrogens is 1. The van der Waals surface area contributed by atoms with Crippen LogP contribution in [0.25, 0.3) is 0 Å². The topological polar surface area (TPSA) is 55.1 Å². The van der Waals surface area contributed by atoms with Crippen molar-refractivity contribution in [2.24, 2.45) is 0 Å². The normalized spacial score (nSPS) is 11.4. The fourth-order valence-corrected chi connectivity index (χ4v) is 1.71. The fourth-order valence-electron chi connectivity index (χ4n) is 1.71. The van der Waals surface area contributed by atoms with Crippen LogP contribution in [-0.4, -0.2) is 17.4 Å². The molecule has 0 aliphatic rings. The number of halogens is 3. The third-order valence-electron chi connectivity index (χ3n) is 2.77. The molecular weight excluding hydrogens is 285 g/mol. The van der Waals surface area contributed by atoms with E-state index in [0.717, 1.165) is 24.3 Å². The fraction of sp³-hybridized carbons (Fsp3) is 0.286. The highest BCUT2D eigenvalue weighted by Gasteiger charge is 2.30. The minimum Gasteiger partial charge on any atom is -0.446 e. The van der Waals surface area contributed by atoms with Crippen LogP contribution in [0, 0.1) is 6.92 Å². The first kappa shape index (κ1) is 15.1. The molecule has 2 rings (SSSR count). The summed E-state index contributed by atoms with van der Waals surface area (Å²) in [6.45, 7) is 2.05. The van der Waals surface area contributed by atoms with Crippen molar-refractivity contribution < 1.29 is 22.4 Å². The average Bonchev–Trinajstić information content (AvgIpc) is 2.83. The molecule has 0 saturated heterocycles. The third kappa shape index (κ3) is 4.08. The molecule has 2 aromatic rings. The van der Waals surface area contributed by atoms with Crippen molar-refractivity contribution in [2.75, 3.05) is 6.54 Å². The highest BCUT2D eigenvalue weighted by atomic mass is 19.4. The smallest absolute Gasteiger partial charge is 0.416 e. The van der Waals surface area contributed by atoms with E-state index in [0.29, 0.717) is 24.6 Å². The standard InChI is InChI=1S/C14H13F3N2O2/c1-9-8-19-12(21-9)6-7-18-13(20)10-2-4-11(5-3-10)14(15,16)17/h2-5,8H,6-7H2,1H3,(H,18,20). The molecule has 7 heteroatoms. The molecule has 0 bridgehead atoms. The maximum Gasteiger partial charge on any atom is 0.416 e. The highest BCUT2D eigenvalue weighted by Crippen LogP contribution is 2.29. The largest absolute Gasteiger partial charge is 0.446 e. The van der Waals surface area contributed by atoms with E-state index in [4.69, 9.17) is 4.42 Å². The van der Waals surface area contributed by atoms with E-state index in [2.05, 4.69) is 10.3 Å². The molecule has 0 saturated carbocycles. The summed E-state index contributed by atoms with van der Waals surface area (Å²) in [5, 5.41) is 2.59. The summed E-state index contributed by atoms with van der Waals surface area (Å²) in [5.74, 6) is 0.742. The molecule has 1 amide bonds. The van der Waals surface area contributed by atoms with Crippen LogP contribution in [0.15, 0.2) is 34.9 Å². The van der Waals surface area contributed by atoms with Crippen LogP contribution in [0.2, 0.25) is 0 Å². The van der Waals surface area contributed by atoms with Crippen molar-refractivity contribution in [1.29, 1.82) is 0 Å². The SMILES string of the molecule is Cc1cnc(CCNC(=O)c2ccc(C(F)(F)F)cc2)o1. The summed E-state index contributed by atoms with van der Waals surface area (Å²) in [6, 6.07) is 4.06. The van der Waals surface area contributed by atoms with Gasteiger partial charge in [-0.2, -0.15) is 13.2 Å². The van der Waals surface area contributed by atoms with Crippen molar-refractivity contribution in [3.8, 4) is 0 Å². The number of aryl methyl sites for hydroxylation is 1. The number of hydrogen-bond acceptors (Lipinski definition) is 3. The number of carbonyl (C=O) groups is 1. The molecular formula is C14H13F3N2O2. The van der Waals surface area contributed by atoms with Crippen LogP contribution in [0.5, 0.6) is 0 Å². The quantitative estimate of drug-likeness (QED) is 0.944. The summed E-state index contributed by atoms with van der Waals surface area (Å²) in [7, 11) is 0. The Morgan fingerprint density at radius 3 is 2.48 bits per heavy atom. The first-order valence-corrected chi connectivity index (χ1v) is 6.23.